The Hall–Kier alpha value is -2.73. The number of carbonyl (C=O) groups excluding carboxylic acids is 1. The first-order chi connectivity index (χ1) is 15.2. The second-order valence-corrected chi connectivity index (χ2v) is 8.43. The number of methoxy groups -OCH3 is 2. The van der Waals surface area contributed by atoms with Crippen LogP contribution >= 0.6 is 0 Å². The highest BCUT2D eigenvalue weighted by atomic mass is 16.5. The predicted molar refractivity (Wildman–Crippen MR) is 121 cm³/mol. The number of ether oxygens (including phenoxy) is 2. The van der Waals surface area contributed by atoms with Crippen molar-refractivity contribution in [1.29, 1.82) is 0 Å². The van der Waals surface area contributed by atoms with E-state index in [1.165, 1.54) is 31.5 Å². The molecule has 2 aromatic rings. The molecule has 0 saturated carbocycles. The van der Waals surface area contributed by atoms with Crippen LogP contribution in [-0.4, -0.2) is 49.7 Å². The number of hydrogen-bond donors (Lipinski definition) is 1. The third-order valence-electron chi connectivity index (χ3n) is 6.35. The Morgan fingerprint density at radius 2 is 1.74 bits per heavy atom. The van der Waals surface area contributed by atoms with Crippen molar-refractivity contribution in [2.45, 2.75) is 44.8 Å². The molecule has 1 unspecified atom stereocenters. The van der Waals surface area contributed by atoms with E-state index in [1.54, 1.807) is 14.2 Å². The Morgan fingerprint density at radius 1 is 0.968 bits per heavy atom. The van der Waals surface area contributed by atoms with E-state index in [-0.39, 0.29) is 12.1 Å². The van der Waals surface area contributed by atoms with Crippen molar-refractivity contribution in [1.82, 2.24) is 15.1 Å². The first kappa shape index (κ1) is 21.5. The van der Waals surface area contributed by atoms with Gasteiger partial charge in [0.05, 0.1) is 20.3 Å². The molecule has 2 saturated heterocycles. The van der Waals surface area contributed by atoms with Crippen LogP contribution in [0.4, 0.5) is 4.79 Å². The molecule has 0 bridgehead atoms. The molecule has 2 amide bonds. The van der Waals surface area contributed by atoms with Crippen LogP contribution in [0.5, 0.6) is 11.5 Å². The SMILES string of the molecule is COc1ccc(C2CCCN2C(=O)NCc2cccc(CN3CCCC3)c2)cc1OC. The minimum absolute atomic E-state index is 0.0118. The fraction of sp³-hybridized carbons (Fsp3) is 0.480. The van der Waals surface area contributed by atoms with Crippen LogP contribution in [0.3, 0.4) is 0 Å². The summed E-state index contributed by atoms with van der Waals surface area (Å²) in [5, 5.41) is 3.13. The van der Waals surface area contributed by atoms with Gasteiger partial charge < -0.3 is 19.7 Å². The maximum Gasteiger partial charge on any atom is 0.318 e. The maximum atomic E-state index is 13.0. The number of likely N-dealkylation sites (tertiary alicyclic amines) is 2. The summed E-state index contributed by atoms with van der Waals surface area (Å²) < 4.78 is 10.8. The number of nitrogens with one attached hydrogen (secondary N) is 1. The Bertz CT molecular complexity index is 895. The molecule has 2 aliphatic rings. The minimum atomic E-state index is -0.0118. The molecule has 166 valence electrons. The number of carbonyl (C=O) groups is 1. The number of rotatable bonds is 7. The van der Waals surface area contributed by atoms with Crippen LogP contribution in [0.1, 0.15) is 48.4 Å². The first-order valence-electron chi connectivity index (χ1n) is 11.2. The maximum absolute atomic E-state index is 13.0. The highest BCUT2D eigenvalue weighted by Crippen LogP contribution is 2.36. The summed E-state index contributed by atoms with van der Waals surface area (Å²) in [6, 6.07) is 14.5. The molecule has 0 aliphatic carbocycles. The van der Waals surface area contributed by atoms with E-state index < -0.39 is 0 Å². The van der Waals surface area contributed by atoms with E-state index in [4.69, 9.17) is 9.47 Å². The third-order valence-corrected chi connectivity index (χ3v) is 6.35. The van der Waals surface area contributed by atoms with Crippen molar-refractivity contribution < 1.29 is 14.3 Å². The van der Waals surface area contributed by atoms with Gasteiger partial charge in [-0.3, -0.25) is 4.90 Å². The number of amides is 2. The monoisotopic (exact) mass is 423 g/mol. The largest absolute Gasteiger partial charge is 0.493 e. The summed E-state index contributed by atoms with van der Waals surface area (Å²) >= 11 is 0. The van der Waals surface area contributed by atoms with Crippen molar-refractivity contribution in [3.63, 3.8) is 0 Å². The summed E-state index contributed by atoms with van der Waals surface area (Å²) in [6.45, 7) is 4.68. The second kappa shape index (κ2) is 10.1. The van der Waals surface area contributed by atoms with Gasteiger partial charge in [0.2, 0.25) is 0 Å². The molecule has 4 rings (SSSR count). The standard InChI is InChI=1S/C25H33N3O3/c1-30-23-11-10-21(16-24(23)31-2)22-9-6-14-28(22)25(29)26-17-19-7-5-8-20(15-19)18-27-12-3-4-13-27/h5,7-8,10-11,15-16,22H,3-4,6,9,12-14,17-18H2,1-2H3,(H,26,29). The van der Waals surface area contributed by atoms with Gasteiger partial charge in [0.25, 0.3) is 0 Å². The average molecular weight is 424 g/mol. The molecule has 0 spiro atoms. The van der Waals surface area contributed by atoms with E-state index in [2.05, 4.69) is 34.5 Å². The van der Waals surface area contributed by atoms with Crippen molar-refractivity contribution in [2.24, 2.45) is 0 Å². The van der Waals surface area contributed by atoms with Crippen LogP contribution in [-0.2, 0) is 13.1 Å². The highest BCUT2D eigenvalue weighted by molar-refractivity contribution is 5.75. The quantitative estimate of drug-likeness (QED) is 0.720. The van der Waals surface area contributed by atoms with Crippen molar-refractivity contribution >= 4 is 6.03 Å². The normalized spacial score (nSPS) is 18.9. The minimum Gasteiger partial charge on any atom is -0.493 e. The van der Waals surface area contributed by atoms with Gasteiger partial charge in [-0.05, 0) is 67.6 Å². The van der Waals surface area contributed by atoms with Crippen LogP contribution in [0, 0.1) is 0 Å². The zero-order valence-corrected chi connectivity index (χ0v) is 18.6. The molecule has 6 nitrogen and oxygen atoms in total. The number of benzene rings is 2. The van der Waals surface area contributed by atoms with Crippen molar-refractivity contribution in [3.05, 3.63) is 59.2 Å². The van der Waals surface area contributed by atoms with Crippen molar-refractivity contribution in [2.75, 3.05) is 33.9 Å². The van der Waals surface area contributed by atoms with E-state index >= 15 is 0 Å². The lowest BCUT2D eigenvalue weighted by molar-refractivity contribution is 0.192. The number of hydrogen-bond acceptors (Lipinski definition) is 4. The lowest BCUT2D eigenvalue weighted by Gasteiger charge is -2.26. The third kappa shape index (κ3) is 5.13. The van der Waals surface area contributed by atoms with Gasteiger partial charge in [-0.25, -0.2) is 4.79 Å². The summed E-state index contributed by atoms with van der Waals surface area (Å²) in [5.74, 6) is 1.40. The summed E-state index contributed by atoms with van der Waals surface area (Å²) in [4.78, 5) is 17.4. The van der Waals surface area contributed by atoms with Gasteiger partial charge in [0, 0.05) is 19.6 Å². The topological polar surface area (TPSA) is 54.0 Å². The Balaban J connectivity index is 1.38. The van der Waals surface area contributed by atoms with Gasteiger partial charge in [-0.1, -0.05) is 30.3 Å². The fourth-order valence-electron chi connectivity index (χ4n) is 4.73. The van der Waals surface area contributed by atoms with Crippen LogP contribution < -0.4 is 14.8 Å². The van der Waals surface area contributed by atoms with Gasteiger partial charge in [0.15, 0.2) is 11.5 Å². The molecule has 2 aliphatic heterocycles. The van der Waals surface area contributed by atoms with E-state index in [1.807, 2.05) is 23.1 Å². The number of urea groups is 1. The smallest absolute Gasteiger partial charge is 0.318 e. The molecule has 1 atom stereocenters. The second-order valence-electron chi connectivity index (χ2n) is 8.43. The first-order valence-corrected chi connectivity index (χ1v) is 11.2. The highest BCUT2D eigenvalue weighted by Gasteiger charge is 2.30. The van der Waals surface area contributed by atoms with E-state index in [0.29, 0.717) is 18.0 Å². The van der Waals surface area contributed by atoms with Crippen molar-refractivity contribution in [3.8, 4) is 11.5 Å². The summed E-state index contributed by atoms with van der Waals surface area (Å²) in [7, 11) is 3.27. The summed E-state index contributed by atoms with van der Waals surface area (Å²) in [6.07, 6.45) is 4.55. The van der Waals surface area contributed by atoms with Crippen LogP contribution in [0.2, 0.25) is 0 Å². The summed E-state index contributed by atoms with van der Waals surface area (Å²) in [5.41, 5.74) is 3.54. The molecule has 2 fully saturated rings. The molecule has 0 aromatic heterocycles. The molecular weight excluding hydrogens is 390 g/mol. The molecule has 2 heterocycles. The predicted octanol–water partition coefficient (Wildman–Crippen LogP) is 4.35. The Labute approximate surface area is 185 Å². The number of nitrogens with zero attached hydrogens (tertiary/aromatic N) is 2. The van der Waals surface area contributed by atoms with Crippen LogP contribution in [0.15, 0.2) is 42.5 Å². The average Bonchev–Trinajstić information content (AvgIpc) is 3.49. The van der Waals surface area contributed by atoms with Gasteiger partial charge in [-0.15, -0.1) is 0 Å². The lowest BCUT2D eigenvalue weighted by Crippen LogP contribution is -2.39. The van der Waals surface area contributed by atoms with E-state index in [0.717, 1.165) is 37.1 Å². The fourth-order valence-corrected chi connectivity index (χ4v) is 4.73. The molecule has 1 N–H and O–H groups in total. The Morgan fingerprint density at radius 3 is 2.52 bits per heavy atom. The Kier molecular flexibility index (Phi) is 6.97. The van der Waals surface area contributed by atoms with Gasteiger partial charge in [0.1, 0.15) is 0 Å². The molecule has 31 heavy (non-hydrogen) atoms. The molecule has 6 heteroatoms. The lowest BCUT2D eigenvalue weighted by atomic mass is 10.0. The van der Waals surface area contributed by atoms with E-state index in [9.17, 15) is 4.79 Å². The molecular formula is C25H33N3O3. The zero-order valence-electron chi connectivity index (χ0n) is 18.6. The van der Waals surface area contributed by atoms with Gasteiger partial charge >= 0.3 is 6.03 Å². The molecule has 2 aromatic carbocycles. The van der Waals surface area contributed by atoms with Crippen LogP contribution in [0.25, 0.3) is 0 Å². The zero-order chi connectivity index (χ0) is 21.6. The van der Waals surface area contributed by atoms with Gasteiger partial charge in [-0.2, -0.15) is 0 Å². The molecule has 0 radical (unpaired) electrons.